The molecule has 0 aromatic heterocycles. The number of carbonyl (C=O) groups excluding carboxylic acids is 1. The van der Waals surface area contributed by atoms with Gasteiger partial charge in [0, 0.05) is 13.1 Å². The largest absolute Gasteiger partial charge is 0.338 e. The summed E-state index contributed by atoms with van der Waals surface area (Å²) in [5, 5.41) is 3.07. The summed E-state index contributed by atoms with van der Waals surface area (Å²) in [5.41, 5.74) is 0.425. The van der Waals surface area contributed by atoms with E-state index in [4.69, 9.17) is 11.6 Å². The molecule has 80 valence electrons. The highest BCUT2D eigenvalue weighted by atomic mass is 35.5. The number of hydrogen-bond acceptors (Lipinski definition) is 1. The lowest BCUT2D eigenvalue weighted by Gasteiger charge is -2.28. The normalized spacial score (nSPS) is 16.4. The monoisotopic (exact) mass is 228 g/mol. The zero-order valence-electron chi connectivity index (χ0n) is 7.96. The van der Waals surface area contributed by atoms with E-state index in [0.29, 0.717) is 23.8 Å². The standard InChI is InChI=1S/C10H10ClFN2O/c11-8-3-2-7(12)6-9(8)14-5-1-4-13-10(14)15/h2-3,6H,1,4-5H2,(H,13,15). The third kappa shape index (κ3) is 2.04. The third-order valence-electron chi connectivity index (χ3n) is 2.28. The van der Waals surface area contributed by atoms with Gasteiger partial charge in [-0.25, -0.2) is 9.18 Å². The fraction of sp³-hybridized carbons (Fsp3) is 0.300. The maximum atomic E-state index is 13.0. The number of anilines is 1. The molecule has 5 heteroatoms. The first-order chi connectivity index (χ1) is 7.18. The lowest BCUT2D eigenvalue weighted by Crippen LogP contribution is -2.46. The highest BCUT2D eigenvalue weighted by Gasteiger charge is 2.21. The lowest BCUT2D eigenvalue weighted by atomic mass is 10.2. The van der Waals surface area contributed by atoms with Gasteiger partial charge in [0.1, 0.15) is 5.82 Å². The summed E-state index contributed by atoms with van der Waals surface area (Å²) in [4.78, 5) is 12.9. The highest BCUT2D eigenvalue weighted by Crippen LogP contribution is 2.27. The van der Waals surface area contributed by atoms with Crippen molar-refractivity contribution in [1.82, 2.24) is 5.32 Å². The highest BCUT2D eigenvalue weighted by molar-refractivity contribution is 6.33. The van der Waals surface area contributed by atoms with E-state index in [1.165, 1.54) is 23.1 Å². The Morgan fingerprint density at radius 3 is 3.00 bits per heavy atom. The second-order valence-corrected chi connectivity index (χ2v) is 3.74. The van der Waals surface area contributed by atoms with Crippen molar-refractivity contribution in [1.29, 1.82) is 0 Å². The first-order valence-electron chi connectivity index (χ1n) is 4.69. The zero-order valence-corrected chi connectivity index (χ0v) is 8.72. The molecule has 15 heavy (non-hydrogen) atoms. The Hall–Kier alpha value is -1.29. The molecule has 3 nitrogen and oxygen atoms in total. The van der Waals surface area contributed by atoms with Crippen LogP contribution in [0, 0.1) is 5.82 Å². The van der Waals surface area contributed by atoms with E-state index in [1.807, 2.05) is 0 Å². The molecule has 0 saturated carbocycles. The molecule has 0 bridgehead atoms. The molecule has 1 heterocycles. The van der Waals surface area contributed by atoms with Gasteiger partial charge in [-0.3, -0.25) is 4.90 Å². The molecule has 1 fully saturated rings. The molecule has 0 aliphatic carbocycles. The van der Waals surface area contributed by atoms with Crippen molar-refractivity contribution < 1.29 is 9.18 Å². The van der Waals surface area contributed by atoms with Crippen molar-refractivity contribution in [3.8, 4) is 0 Å². The van der Waals surface area contributed by atoms with E-state index in [0.717, 1.165) is 6.42 Å². The predicted molar refractivity (Wildman–Crippen MR) is 56.8 cm³/mol. The molecular weight excluding hydrogens is 219 g/mol. The molecule has 1 N–H and O–H groups in total. The zero-order chi connectivity index (χ0) is 10.8. The summed E-state index contributed by atoms with van der Waals surface area (Å²) in [6.45, 7) is 1.22. The molecule has 1 saturated heterocycles. The molecule has 2 amide bonds. The van der Waals surface area contributed by atoms with Crippen LogP contribution in [0.25, 0.3) is 0 Å². The van der Waals surface area contributed by atoms with E-state index in [9.17, 15) is 9.18 Å². The molecule has 0 unspecified atom stereocenters. The number of urea groups is 1. The number of benzene rings is 1. The number of nitrogens with one attached hydrogen (secondary N) is 1. The van der Waals surface area contributed by atoms with Crippen LogP contribution in [0.1, 0.15) is 6.42 Å². The van der Waals surface area contributed by atoms with Crippen molar-refractivity contribution in [3.05, 3.63) is 29.0 Å². The maximum Gasteiger partial charge on any atom is 0.321 e. The van der Waals surface area contributed by atoms with Crippen molar-refractivity contribution in [2.45, 2.75) is 6.42 Å². The number of carbonyl (C=O) groups is 1. The van der Waals surface area contributed by atoms with Gasteiger partial charge >= 0.3 is 6.03 Å². The second-order valence-electron chi connectivity index (χ2n) is 3.33. The summed E-state index contributed by atoms with van der Waals surface area (Å²) in [6.07, 6.45) is 0.832. The van der Waals surface area contributed by atoms with Gasteiger partial charge in [-0.05, 0) is 24.6 Å². The average Bonchev–Trinajstić information content (AvgIpc) is 2.23. The van der Waals surface area contributed by atoms with E-state index >= 15 is 0 Å². The van der Waals surface area contributed by atoms with Crippen LogP contribution in [0.5, 0.6) is 0 Å². The van der Waals surface area contributed by atoms with Gasteiger partial charge in [-0.1, -0.05) is 11.6 Å². The van der Waals surface area contributed by atoms with Crippen LogP contribution >= 0.6 is 11.6 Å². The van der Waals surface area contributed by atoms with Crippen LogP contribution in [0.3, 0.4) is 0 Å². The first-order valence-corrected chi connectivity index (χ1v) is 5.07. The van der Waals surface area contributed by atoms with E-state index in [1.54, 1.807) is 0 Å². The molecule has 1 aliphatic heterocycles. The summed E-state index contributed by atoms with van der Waals surface area (Å²) in [5.74, 6) is -0.396. The Bertz CT molecular complexity index is 397. The fourth-order valence-electron chi connectivity index (χ4n) is 1.55. The van der Waals surface area contributed by atoms with Crippen LogP contribution in [-0.2, 0) is 0 Å². The van der Waals surface area contributed by atoms with Crippen LogP contribution in [0.4, 0.5) is 14.9 Å². The molecule has 0 radical (unpaired) electrons. The van der Waals surface area contributed by atoms with Gasteiger partial charge in [-0.15, -0.1) is 0 Å². The molecule has 0 spiro atoms. The van der Waals surface area contributed by atoms with Crippen LogP contribution in [-0.4, -0.2) is 19.1 Å². The summed E-state index contributed by atoms with van der Waals surface area (Å²) in [7, 11) is 0. The minimum Gasteiger partial charge on any atom is -0.338 e. The Kier molecular flexibility index (Phi) is 2.77. The van der Waals surface area contributed by atoms with Gasteiger partial charge < -0.3 is 5.32 Å². The Balaban J connectivity index is 2.34. The SMILES string of the molecule is O=C1NCCCN1c1cc(F)ccc1Cl. The van der Waals surface area contributed by atoms with Crippen molar-refractivity contribution in [2.75, 3.05) is 18.0 Å². The Morgan fingerprint density at radius 1 is 1.47 bits per heavy atom. The first kappa shape index (κ1) is 10.2. The quantitative estimate of drug-likeness (QED) is 0.787. The summed E-state index contributed by atoms with van der Waals surface area (Å²) < 4.78 is 13.0. The topological polar surface area (TPSA) is 32.3 Å². The third-order valence-corrected chi connectivity index (χ3v) is 2.60. The number of nitrogens with zero attached hydrogens (tertiary/aromatic N) is 1. The van der Waals surface area contributed by atoms with Gasteiger partial charge in [0.15, 0.2) is 0 Å². The molecule has 2 rings (SSSR count). The van der Waals surface area contributed by atoms with Gasteiger partial charge in [0.2, 0.25) is 0 Å². The van der Waals surface area contributed by atoms with E-state index in [-0.39, 0.29) is 6.03 Å². The van der Waals surface area contributed by atoms with E-state index < -0.39 is 5.82 Å². The van der Waals surface area contributed by atoms with Crippen molar-refractivity contribution >= 4 is 23.3 Å². The molecule has 1 aliphatic rings. The minimum absolute atomic E-state index is 0.228. The maximum absolute atomic E-state index is 13.0. The van der Waals surface area contributed by atoms with Crippen LogP contribution < -0.4 is 10.2 Å². The fourth-order valence-corrected chi connectivity index (χ4v) is 1.77. The molecule has 1 aromatic rings. The number of hydrogen-bond donors (Lipinski definition) is 1. The van der Waals surface area contributed by atoms with Crippen LogP contribution in [0.2, 0.25) is 5.02 Å². The number of halogens is 2. The van der Waals surface area contributed by atoms with E-state index in [2.05, 4.69) is 5.32 Å². The molecule has 1 aromatic carbocycles. The Morgan fingerprint density at radius 2 is 2.27 bits per heavy atom. The predicted octanol–water partition coefficient (Wildman–Crippen LogP) is 2.40. The summed E-state index contributed by atoms with van der Waals surface area (Å²) in [6, 6.07) is 3.77. The molecular formula is C10H10ClFN2O. The Labute approximate surface area is 91.8 Å². The van der Waals surface area contributed by atoms with Gasteiger partial charge in [-0.2, -0.15) is 0 Å². The second kappa shape index (κ2) is 4.06. The smallest absolute Gasteiger partial charge is 0.321 e. The number of amides is 2. The summed E-state index contributed by atoms with van der Waals surface area (Å²) >= 11 is 5.91. The minimum atomic E-state index is -0.396. The van der Waals surface area contributed by atoms with Gasteiger partial charge in [0.25, 0.3) is 0 Å². The average molecular weight is 229 g/mol. The molecule has 0 atom stereocenters. The van der Waals surface area contributed by atoms with Crippen LogP contribution in [0.15, 0.2) is 18.2 Å². The number of rotatable bonds is 1. The van der Waals surface area contributed by atoms with Gasteiger partial charge in [0.05, 0.1) is 10.7 Å². The van der Waals surface area contributed by atoms with Crippen molar-refractivity contribution in [2.24, 2.45) is 0 Å². The van der Waals surface area contributed by atoms with Crippen molar-refractivity contribution in [3.63, 3.8) is 0 Å². The lowest BCUT2D eigenvalue weighted by molar-refractivity contribution is 0.243.